The zero-order valence-corrected chi connectivity index (χ0v) is 12.4. The summed E-state index contributed by atoms with van der Waals surface area (Å²) < 4.78 is 2.00. The molecule has 5 heteroatoms. The van der Waals surface area contributed by atoms with E-state index < -0.39 is 0 Å². The van der Waals surface area contributed by atoms with Crippen LogP contribution in [0.15, 0.2) is 24.4 Å². The van der Waals surface area contributed by atoms with E-state index in [2.05, 4.69) is 16.8 Å². The van der Waals surface area contributed by atoms with E-state index in [0.29, 0.717) is 6.04 Å². The fraction of sp³-hybridized carbons (Fsp3) is 0.562. The molecule has 1 N–H and O–H groups in total. The molecule has 5 nitrogen and oxygen atoms in total. The highest BCUT2D eigenvalue weighted by Gasteiger charge is 2.35. The molecule has 2 aromatic heterocycles. The van der Waals surface area contributed by atoms with Crippen molar-refractivity contribution in [2.75, 3.05) is 25.0 Å². The van der Waals surface area contributed by atoms with E-state index in [0.717, 1.165) is 36.3 Å². The summed E-state index contributed by atoms with van der Waals surface area (Å²) in [7, 11) is 2.25. The van der Waals surface area contributed by atoms with Gasteiger partial charge in [0.2, 0.25) is 0 Å². The Hall–Kier alpha value is -1.59. The summed E-state index contributed by atoms with van der Waals surface area (Å²) in [5.74, 6) is 0.963. The largest absolute Gasteiger partial charge is 0.390 e. The van der Waals surface area contributed by atoms with Gasteiger partial charge in [-0.25, -0.2) is 4.98 Å². The molecular weight excluding hydrogens is 264 g/mol. The zero-order chi connectivity index (χ0) is 14.4. The Morgan fingerprint density at radius 3 is 2.95 bits per heavy atom. The van der Waals surface area contributed by atoms with Crippen LogP contribution in [0, 0.1) is 0 Å². The highest BCUT2D eigenvalue weighted by molar-refractivity contribution is 5.56. The Balaban J connectivity index is 1.73. The lowest BCUT2D eigenvalue weighted by Gasteiger charge is -2.26. The molecule has 0 saturated carbocycles. The maximum atomic E-state index is 9.79. The second-order valence-corrected chi connectivity index (χ2v) is 6.25. The molecular formula is C16H22N4O. The molecule has 2 unspecified atom stereocenters. The molecule has 0 radical (unpaired) electrons. The third kappa shape index (κ3) is 2.03. The Bertz CT molecular complexity index is 653. The minimum absolute atomic E-state index is 0.0287. The van der Waals surface area contributed by atoms with E-state index in [1.54, 1.807) is 0 Å². The Morgan fingerprint density at radius 2 is 2.10 bits per heavy atom. The monoisotopic (exact) mass is 286 g/mol. The molecule has 2 aliphatic rings. The van der Waals surface area contributed by atoms with Crippen molar-refractivity contribution in [1.29, 1.82) is 0 Å². The van der Waals surface area contributed by atoms with Crippen LogP contribution in [0.25, 0.3) is 5.65 Å². The number of likely N-dealkylation sites (N-methyl/N-ethyl adjacent to an activating group) is 1. The van der Waals surface area contributed by atoms with Crippen molar-refractivity contribution in [3.05, 3.63) is 30.1 Å². The zero-order valence-electron chi connectivity index (χ0n) is 12.4. The van der Waals surface area contributed by atoms with Crippen molar-refractivity contribution in [3.63, 3.8) is 0 Å². The molecule has 2 atom stereocenters. The van der Waals surface area contributed by atoms with Gasteiger partial charge in [0.25, 0.3) is 0 Å². The fourth-order valence-electron chi connectivity index (χ4n) is 3.94. The van der Waals surface area contributed by atoms with Crippen LogP contribution in [0.4, 0.5) is 5.82 Å². The smallest absolute Gasteiger partial charge is 0.153 e. The van der Waals surface area contributed by atoms with Crippen molar-refractivity contribution in [3.8, 4) is 0 Å². The number of hydrogen-bond acceptors (Lipinski definition) is 4. The van der Waals surface area contributed by atoms with E-state index in [-0.39, 0.29) is 6.61 Å². The summed E-state index contributed by atoms with van der Waals surface area (Å²) in [6.45, 7) is 2.08. The Kier molecular flexibility index (Phi) is 3.12. The first-order valence-electron chi connectivity index (χ1n) is 7.81. The van der Waals surface area contributed by atoms with E-state index in [4.69, 9.17) is 4.98 Å². The number of fused-ring (bicyclic) bond motifs is 3. The summed E-state index contributed by atoms with van der Waals surface area (Å²) in [6, 6.07) is 7.31. The van der Waals surface area contributed by atoms with Gasteiger partial charge < -0.3 is 10.0 Å². The SMILES string of the molecule is CN1C2CCC1CN(c1nc3ccccn3c1CO)CC2. The molecule has 4 heterocycles. The molecule has 2 bridgehead atoms. The first kappa shape index (κ1) is 13.1. The maximum Gasteiger partial charge on any atom is 0.153 e. The van der Waals surface area contributed by atoms with E-state index in [1.165, 1.54) is 19.3 Å². The Morgan fingerprint density at radius 1 is 1.24 bits per heavy atom. The molecule has 2 fully saturated rings. The molecule has 4 rings (SSSR count). The molecule has 21 heavy (non-hydrogen) atoms. The van der Waals surface area contributed by atoms with Crippen LogP contribution in [0.2, 0.25) is 0 Å². The third-order valence-corrected chi connectivity index (χ3v) is 5.21. The predicted molar refractivity (Wildman–Crippen MR) is 82.5 cm³/mol. The minimum Gasteiger partial charge on any atom is -0.390 e. The van der Waals surface area contributed by atoms with Crippen molar-refractivity contribution in [1.82, 2.24) is 14.3 Å². The van der Waals surface area contributed by atoms with Crippen LogP contribution < -0.4 is 4.90 Å². The normalized spacial score (nSPS) is 26.5. The summed E-state index contributed by atoms with van der Waals surface area (Å²) in [5, 5.41) is 9.79. The number of nitrogens with zero attached hydrogens (tertiary/aromatic N) is 4. The number of aliphatic hydroxyl groups is 1. The summed E-state index contributed by atoms with van der Waals surface area (Å²) in [6.07, 6.45) is 5.77. The van der Waals surface area contributed by atoms with Gasteiger partial charge in [-0.3, -0.25) is 9.30 Å². The van der Waals surface area contributed by atoms with Gasteiger partial charge in [0.15, 0.2) is 5.82 Å². The molecule has 0 spiro atoms. The summed E-state index contributed by atoms with van der Waals surface area (Å²) in [4.78, 5) is 9.68. The molecule has 112 valence electrons. The number of pyridine rings is 1. The van der Waals surface area contributed by atoms with Gasteiger partial charge in [0, 0.05) is 31.4 Å². The maximum absolute atomic E-state index is 9.79. The molecule has 2 aliphatic heterocycles. The highest BCUT2D eigenvalue weighted by Crippen LogP contribution is 2.32. The van der Waals surface area contributed by atoms with Crippen LogP contribution >= 0.6 is 0 Å². The summed E-state index contributed by atoms with van der Waals surface area (Å²) >= 11 is 0. The average molecular weight is 286 g/mol. The second-order valence-electron chi connectivity index (χ2n) is 6.25. The first-order valence-corrected chi connectivity index (χ1v) is 7.81. The van der Waals surface area contributed by atoms with Crippen molar-refractivity contribution in [2.24, 2.45) is 0 Å². The molecule has 2 aromatic rings. The van der Waals surface area contributed by atoms with Gasteiger partial charge in [0.1, 0.15) is 5.65 Å². The molecule has 0 aliphatic carbocycles. The van der Waals surface area contributed by atoms with Gasteiger partial charge in [-0.1, -0.05) is 6.07 Å². The number of imidazole rings is 1. The van der Waals surface area contributed by atoms with Crippen LogP contribution in [0.3, 0.4) is 0 Å². The van der Waals surface area contributed by atoms with Crippen LogP contribution in [-0.4, -0.2) is 51.6 Å². The van der Waals surface area contributed by atoms with Crippen LogP contribution in [0.1, 0.15) is 25.0 Å². The number of aliphatic hydroxyl groups excluding tert-OH is 1. The van der Waals surface area contributed by atoms with Crippen LogP contribution in [-0.2, 0) is 6.61 Å². The van der Waals surface area contributed by atoms with Gasteiger partial charge in [-0.05, 0) is 38.4 Å². The van der Waals surface area contributed by atoms with Gasteiger partial charge >= 0.3 is 0 Å². The minimum atomic E-state index is 0.0287. The summed E-state index contributed by atoms with van der Waals surface area (Å²) in [5.41, 5.74) is 1.82. The molecule has 0 amide bonds. The molecule has 2 saturated heterocycles. The lowest BCUT2D eigenvalue weighted by molar-refractivity contribution is 0.254. The number of aromatic nitrogens is 2. The van der Waals surface area contributed by atoms with E-state index >= 15 is 0 Å². The topological polar surface area (TPSA) is 44.0 Å². The number of hydrogen-bond donors (Lipinski definition) is 1. The second kappa shape index (κ2) is 5.00. The number of anilines is 1. The van der Waals surface area contributed by atoms with Crippen LogP contribution in [0.5, 0.6) is 0 Å². The number of rotatable bonds is 2. The molecule has 0 aromatic carbocycles. The quantitative estimate of drug-likeness (QED) is 0.908. The van der Waals surface area contributed by atoms with Gasteiger partial charge in [-0.15, -0.1) is 0 Å². The predicted octanol–water partition coefficient (Wildman–Crippen LogP) is 1.50. The van der Waals surface area contributed by atoms with Crippen molar-refractivity contribution < 1.29 is 5.11 Å². The van der Waals surface area contributed by atoms with E-state index in [9.17, 15) is 5.11 Å². The fourth-order valence-corrected chi connectivity index (χ4v) is 3.94. The average Bonchev–Trinajstić information content (AvgIpc) is 2.97. The van der Waals surface area contributed by atoms with Gasteiger partial charge in [0.05, 0.1) is 12.3 Å². The van der Waals surface area contributed by atoms with Crippen molar-refractivity contribution in [2.45, 2.75) is 38.0 Å². The Labute approximate surface area is 124 Å². The third-order valence-electron chi connectivity index (χ3n) is 5.21. The van der Waals surface area contributed by atoms with E-state index in [1.807, 2.05) is 28.8 Å². The highest BCUT2D eigenvalue weighted by atomic mass is 16.3. The van der Waals surface area contributed by atoms with Gasteiger partial charge in [-0.2, -0.15) is 0 Å². The first-order chi connectivity index (χ1) is 10.3. The lowest BCUT2D eigenvalue weighted by atomic mass is 10.1. The lowest BCUT2D eigenvalue weighted by Crippen LogP contribution is -2.37. The standard InChI is InChI=1S/C16H22N4O/c1-18-12-5-6-13(18)10-19(9-7-12)16-14(11-21)20-8-3-2-4-15(20)17-16/h2-4,8,12-13,21H,5-7,9-11H2,1H3. The van der Waals surface area contributed by atoms with Crippen molar-refractivity contribution >= 4 is 11.5 Å².